The molecule has 0 bridgehead atoms. The molecule has 0 unspecified atom stereocenters. The molecule has 0 spiro atoms. The van der Waals surface area contributed by atoms with Crippen LogP contribution in [0.3, 0.4) is 0 Å². The van der Waals surface area contributed by atoms with E-state index in [-0.39, 0.29) is 17.1 Å². The Morgan fingerprint density at radius 3 is 2.70 bits per heavy atom. The quantitative estimate of drug-likeness (QED) is 0.444. The summed E-state index contributed by atoms with van der Waals surface area (Å²) in [6, 6.07) is 11.1. The first kappa shape index (κ1) is 13.6. The Hall–Kier alpha value is -1.40. The lowest BCUT2D eigenvalue weighted by Gasteiger charge is -2.00. The minimum absolute atomic E-state index is 0.0902. The molecule has 0 aliphatic rings. The van der Waals surface area contributed by atoms with Crippen LogP contribution < -0.4 is 0 Å². The summed E-state index contributed by atoms with van der Waals surface area (Å²) in [4.78, 5) is 12.3. The third kappa shape index (κ3) is 2.33. The van der Waals surface area contributed by atoms with Gasteiger partial charge < -0.3 is 4.42 Å². The molecule has 0 fully saturated rings. The molecule has 0 N–H and O–H groups in total. The molecule has 0 saturated carbocycles. The number of carbonyl (C=O) groups is 1. The predicted molar refractivity (Wildman–Crippen MR) is 83.8 cm³/mol. The predicted octanol–water partition coefficient (Wildman–Crippen LogP) is 5.06. The van der Waals surface area contributed by atoms with Gasteiger partial charge in [0.2, 0.25) is 5.78 Å². The molecule has 0 aliphatic carbocycles. The van der Waals surface area contributed by atoms with E-state index in [0.29, 0.717) is 16.0 Å². The van der Waals surface area contributed by atoms with Crippen molar-refractivity contribution >= 4 is 50.9 Å². The second kappa shape index (κ2) is 5.18. The summed E-state index contributed by atoms with van der Waals surface area (Å²) in [5.74, 6) is -0.705. The molecule has 0 radical (unpaired) electrons. The first-order valence-electron chi connectivity index (χ1n) is 5.74. The number of hydrogen-bond donors (Lipinski definition) is 0. The summed E-state index contributed by atoms with van der Waals surface area (Å²) in [6.07, 6.45) is 0. The first-order chi connectivity index (χ1) is 9.56. The molecule has 2 nitrogen and oxygen atoms in total. The highest BCUT2D eigenvalue weighted by molar-refractivity contribution is 14.1. The topological polar surface area (TPSA) is 30.2 Å². The van der Waals surface area contributed by atoms with E-state index in [4.69, 9.17) is 16.0 Å². The zero-order valence-electron chi connectivity index (χ0n) is 9.99. The van der Waals surface area contributed by atoms with E-state index in [0.717, 1.165) is 3.57 Å². The Morgan fingerprint density at radius 1 is 1.20 bits per heavy atom. The van der Waals surface area contributed by atoms with Crippen molar-refractivity contribution in [3.8, 4) is 0 Å². The second-order valence-electron chi connectivity index (χ2n) is 4.23. The van der Waals surface area contributed by atoms with Gasteiger partial charge in [-0.3, -0.25) is 4.79 Å². The number of ketones is 1. The zero-order chi connectivity index (χ0) is 14.3. The highest BCUT2D eigenvalue weighted by Gasteiger charge is 2.17. The van der Waals surface area contributed by atoms with Crippen LogP contribution in [-0.2, 0) is 0 Å². The summed E-state index contributed by atoms with van der Waals surface area (Å²) in [5.41, 5.74) is 0.502. The molecule has 0 atom stereocenters. The summed E-state index contributed by atoms with van der Waals surface area (Å²) in [7, 11) is 0. The molecule has 100 valence electrons. The Morgan fingerprint density at radius 2 is 2.00 bits per heavy atom. The first-order valence-corrected chi connectivity index (χ1v) is 7.20. The molecule has 3 aromatic rings. The van der Waals surface area contributed by atoms with E-state index in [9.17, 15) is 9.18 Å². The fraction of sp³-hybridized carbons (Fsp3) is 0. The number of fused-ring (bicyclic) bond motifs is 1. The number of furan rings is 1. The van der Waals surface area contributed by atoms with Gasteiger partial charge >= 0.3 is 0 Å². The largest absolute Gasteiger partial charge is 0.449 e. The van der Waals surface area contributed by atoms with Crippen LogP contribution in [0.5, 0.6) is 0 Å². The molecular formula is C15H7ClFIO2. The van der Waals surface area contributed by atoms with Crippen LogP contribution in [0.4, 0.5) is 4.39 Å². The van der Waals surface area contributed by atoms with E-state index >= 15 is 0 Å². The second-order valence-corrected chi connectivity index (χ2v) is 5.80. The maximum Gasteiger partial charge on any atom is 0.228 e. The van der Waals surface area contributed by atoms with Crippen LogP contribution in [-0.4, -0.2) is 5.78 Å². The average Bonchev–Trinajstić information content (AvgIpc) is 2.86. The molecule has 20 heavy (non-hydrogen) atoms. The van der Waals surface area contributed by atoms with Gasteiger partial charge in [0, 0.05) is 14.5 Å². The van der Waals surface area contributed by atoms with Crippen LogP contribution in [0.1, 0.15) is 16.1 Å². The van der Waals surface area contributed by atoms with Crippen LogP contribution in [0.25, 0.3) is 11.0 Å². The summed E-state index contributed by atoms with van der Waals surface area (Å²) in [6.45, 7) is 0. The fourth-order valence-corrected chi connectivity index (χ4v) is 2.44. The number of carbonyl (C=O) groups excluding carboxylic acids is 1. The van der Waals surface area contributed by atoms with E-state index in [2.05, 4.69) is 22.6 Å². The van der Waals surface area contributed by atoms with E-state index < -0.39 is 5.82 Å². The number of para-hydroxylation sites is 1. The smallest absolute Gasteiger partial charge is 0.228 e. The molecule has 5 heteroatoms. The van der Waals surface area contributed by atoms with Crippen molar-refractivity contribution in [2.24, 2.45) is 0 Å². The number of hydrogen-bond acceptors (Lipinski definition) is 2. The van der Waals surface area contributed by atoms with Crippen molar-refractivity contribution in [1.29, 1.82) is 0 Å². The minimum Gasteiger partial charge on any atom is -0.449 e. The molecule has 1 aromatic heterocycles. The van der Waals surface area contributed by atoms with Gasteiger partial charge in [0.25, 0.3) is 0 Å². The van der Waals surface area contributed by atoms with Gasteiger partial charge in [-0.05, 0) is 52.9 Å². The normalized spacial score (nSPS) is 10.9. The lowest BCUT2D eigenvalue weighted by Crippen LogP contribution is -1.99. The SMILES string of the molecule is O=C(c1ccc(I)c(Cl)c1)c1cc2cccc(F)c2o1. The molecule has 2 aromatic carbocycles. The number of halogens is 3. The van der Waals surface area contributed by atoms with Crippen LogP contribution >= 0.6 is 34.2 Å². The highest BCUT2D eigenvalue weighted by atomic mass is 127. The summed E-state index contributed by atoms with van der Waals surface area (Å²) in [5, 5.41) is 1.06. The number of benzene rings is 2. The van der Waals surface area contributed by atoms with Crippen molar-refractivity contribution in [2.45, 2.75) is 0 Å². The third-order valence-corrected chi connectivity index (χ3v) is 4.47. The van der Waals surface area contributed by atoms with E-state index in [1.54, 1.807) is 30.3 Å². The lowest BCUT2D eigenvalue weighted by atomic mass is 10.1. The molecule has 1 heterocycles. The average molecular weight is 401 g/mol. The Bertz CT molecular complexity index is 826. The van der Waals surface area contributed by atoms with Gasteiger partial charge in [-0.15, -0.1) is 0 Å². The van der Waals surface area contributed by atoms with Crippen molar-refractivity contribution in [2.75, 3.05) is 0 Å². The van der Waals surface area contributed by atoms with Gasteiger partial charge in [0.15, 0.2) is 17.2 Å². The van der Waals surface area contributed by atoms with Crippen LogP contribution in [0.15, 0.2) is 46.9 Å². The van der Waals surface area contributed by atoms with Gasteiger partial charge in [-0.1, -0.05) is 23.7 Å². The molecule has 3 rings (SSSR count). The van der Waals surface area contributed by atoms with Gasteiger partial charge in [-0.2, -0.15) is 0 Å². The Balaban J connectivity index is 2.08. The molecule has 0 saturated heterocycles. The van der Waals surface area contributed by atoms with Crippen molar-refractivity contribution < 1.29 is 13.6 Å². The Labute approximate surface area is 132 Å². The van der Waals surface area contributed by atoms with Gasteiger partial charge in [-0.25, -0.2) is 4.39 Å². The fourth-order valence-electron chi connectivity index (χ4n) is 1.92. The minimum atomic E-state index is -0.484. The maximum atomic E-state index is 13.6. The molecule has 0 amide bonds. The Kier molecular flexibility index (Phi) is 3.52. The summed E-state index contributed by atoms with van der Waals surface area (Å²) >= 11 is 8.08. The van der Waals surface area contributed by atoms with Gasteiger partial charge in [0.1, 0.15) is 0 Å². The van der Waals surface area contributed by atoms with E-state index in [1.807, 2.05) is 0 Å². The summed E-state index contributed by atoms with van der Waals surface area (Å²) < 4.78 is 19.7. The van der Waals surface area contributed by atoms with Crippen LogP contribution in [0.2, 0.25) is 5.02 Å². The third-order valence-electron chi connectivity index (χ3n) is 2.90. The molecule has 0 aliphatic heterocycles. The monoisotopic (exact) mass is 400 g/mol. The highest BCUT2D eigenvalue weighted by Crippen LogP contribution is 2.26. The van der Waals surface area contributed by atoms with E-state index in [1.165, 1.54) is 12.1 Å². The van der Waals surface area contributed by atoms with Crippen LogP contribution in [0, 0.1) is 9.39 Å². The van der Waals surface area contributed by atoms with Gasteiger partial charge in [0.05, 0.1) is 5.02 Å². The standard InChI is InChI=1S/C15H7ClFIO2/c16-10-6-8(4-5-12(10)18)14(19)13-7-9-2-1-3-11(17)15(9)20-13/h1-7H. The number of rotatable bonds is 2. The van der Waals surface area contributed by atoms with Crippen molar-refractivity contribution in [3.63, 3.8) is 0 Å². The molecular weight excluding hydrogens is 394 g/mol. The maximum absolute atomic E-state index is 13.6. The zero-order valence-corrected chi connectivity index (χ0v) is 12.9. The van der Waals surface area contributed by atoms with Crippen molar-refractivity contribution in [1.82, 2.24) is 0 Å². The van der Waals surface area contributed by atoms with Crippen molar-refractivity contribution in [3.05, 3.63) is 68.2 Å². The lowest BCUT2D eigenvalue weighted by molar-refractivity contribution is 0.101.